The molecule has 3 aromatic rings. The van der Waals surface area contributed by atoms with E-state index >= 15 is 0 Å². The summed E-state index contributed by atoms with van der Waals surface area (Å²) >= 11 is 1.35. The molecule has 2 aromatic heterocycles. The number of alkyl halides is 3. The number of ketones is 1. The number of anilines is 1. The van der Waals surface area contributed by atoms with Gasteiger partial charge >= 0.3 is 12.1 Å². The number of hydrogen-bond acceptors (Lipinski definition) is 8. The van der Waals surface area contributed by atoms with E-state index in [2.05, 4.69) is 26.8 Å². The third-order valence-electron chi connectivity index (χ3n) is 7.86. The molecule has 0 radical (unpaired) electrons. The van der Waals surface area contributed by atoms with Gasteiger partial charge in [0.05, 0.1) is 36.0 Å². The lowest BCUT2D eigenvalue weighted by Gasteiger charge is -2.30. The van der Waals surface area contributed by atoms with Crippen molar-refractivity contribution in [3.63, 3.8) is 0 Å². The summed E-state index contributed by atoms with van der Waals surface area (Å²) in [5.74, 6) is -0.843. The summed E-state index contributed by atoms with van der Waals surface area (Å²) < 4.78 is 40.8. The molecule has 0 unspecified atom stereocenters. The predicted molar refractivity (Wildman–Crippen MR) is 149 cm³/mol. The van der Waals surface area contributed by atoms with Crippen LogP contribution in [0, 0.1) is 12.8 Å². The maximum atomic E-state index is 13.6. The van der Waals surface area contributed by atoms with Crippen LogP contribution in [-0.4, -0.2) is 62.4 Å². The summed E-state index contributed by atoms with van der Waals surface area (Å²) in [6, 6.07) is 4.32. The van der Waals surface area contributed by atoms with Gasteiger partial charge in [-0.25, -0.2) is 15.0 Å². The lowest BCUT2D eigenvalue weighted by atomic mass is 9.97. The zero-order valence-corrected chi connectivity index (χ0v) is 23.8. The lowest BCUT2D eigenvalue weighted by Crippen LogP contribution is -2.36. The molecule has 1 aromatic carbocycles. The molecule has 4 heterocycles. The Morgan fingerprint density at radius 3 is 2.44 bits per heavy atom. The largest absolute Gasteiger partial charge is 0.481 e. The highest BCUT2D eigenvalue weighted by atomic mass is 32.1. The molecular weight excluding hydrogens is 555 g/mol. The molecule has 0 aliphatic carbocycles. The van der Waals surface area contributed by atoms with Gasteiger partial charge in [-0.3, -0.25) is 14.5 Å². The second kappa shape index (κ2) is 11.8. The van der Waals surface area contributed by atoms with E-state index < -0.39 is 17.7 Å². The third-order valence-corrected chi connectivity index (χ3v) is 8.90. The summed E-state index contributed by atoms with van der Waals surface area (Å²) in [6.45, 7) is 6.34. The van der Waals surface area contributed by atoms with Crippen molar-refractivity contribution in [1.29, 1.82) is 0 Å². The minimum absolute atomic E-state index is 0.0385. The van der Waals surface area contributed by atoms with Gasteiger partial charge in [0.25, 0.3) is 0 Å². The number of aryl methyl sites for hydroxylation is 1. The maximum absolute atomic E-state index is 13.6. The number of carboxylic acid groups (broad SMARTS) is 1. The number of Topliss-reactive ketones (excluding diaryl/α,β-unsaturated/α-hetero) is 1. The van der Waals surface area contributed by atoms with Crippen molar-refractivity contribution in [1.82, 2.24) is 19.9 Å². The van der Waals surface area contributed by atoms with Gasteiger partial charge in [-0.2, -0.15) is 13.2 Å². The molecule has 2 aliphatic rings. The van der Waals surface area contributed by atoms with E-state index in [-0.39, 0.29) is 23.8 Å². The van der Waals surface area contributed by atoms with Gasteiger partial charge in [0.15, 0.2) is 5.78 Å². The highest BCUT2D eigenvalue weighted by molar-refractivity contribution is 7.12. The SMILES string of the molecule is Cc1cc(-c2nc(CC(=O)c3cnc(N4CCC(C(=O)O)CC4)cn3)sc2CN2CCC[C@H]2C)cc(C(F)(F)F)c1. The number of halogens is 3. The Bertz CT molecular complexity index is 1420. The van der Waals surface area contributed by atoms with Crippen LogP contribution in [0.2, 0.25) is 0 Å². The molecule has 5 rings (SSSR count). The number of rotatable bonds is 8. The fraction of sp³-hybridized carbons (Fsp3) is 0.483. The van der Waals surface area contributed by atoms with Crippen LogP contribution in [0.25, 0.3) is 11.3 Å². The van der Waals surface area contributed by atoms with Gasteiger partial charge in [-0.15, -0.1) is 11.3 Å². The quantitative estimate of drug-likeness (QED) is 0.338. The first-order valence-electron chi connectivity index (χ1n) is 13.7. The standard InChI is InChI=1S/C29H32F3N5O3S/c1-17-10-20(12-21(11-17)29(30,31)32)27-24(16-37-7-3-4-18(37)2)41-26(35-27)13-23(38)22-14-34-25(15-33-22)36-8-5-19(6-9-36)28(39)40/h10-12,14-15,18-19H,3-9,13,16H2,1-2H3,(H,39,40)/t18-/m1/s1. The van der Waals surface area contributed by atoms with Gasteiger partial charge in [0.2, 0.25) is 0 Å². The maximum Gasteiger partial charge on any atom is 0.416 e. The smallest absolute Gasteiger partial charge is 0.416 e. The van der Waals surface area contributed by atoms with E-state index in [1.54, 1.807) is 13.0 Å². The van der Waals surface area contributed by atoms with Gasteiger partial charge in [0.1, 0.15) is 16.5 Å². The monoisotopic (exact) mass is 587 g/mol. The highest BCUT2D eigenvalue weighted by Crippen LogP contribution is 2.37. The Morgan fingerprint density at radius 1 is 1.07 bits per heavy atom. The molecule has 1 N–H and O–H groups in total. The molecule has 41 heavy (non-hydrogen) atoms. The molecule has 0 spiro atoms. The Hall–Kier alpha value is -3.38. The molecular formula is C29H32F3N5O3S. The van der Waals surface area contributed by atoms with Crippen molar-refractivity contribution in [2.75, 3.05) is 24.5 Å². The summed E-state index contributed by atoms with van der Waals surface area (Å²) in [7, 11) is 0. The van der Waals surface area contributed by atoms with Crippen LogP contribution < -0.4 is 4.90 Å². The fourth-order valence-electron chi connectivity index (χ4n) is 5.52. The molecule has 0 bridgehead atoms. The molecule has 2 saturated heterocycles. The summed E-state index contributed by atoms with van der Waals surface area (Å²) in [4.78, 5) is 42.8. The molecule has 12 heteroatoms. The van der Waals surface area contributed by atoms with E-state index in [1.165, 1.54) is 23.7 Å². The number of aromatic nitrogens is 3. The summed E-state index contributed by atoms with van der Waals surface area (Å²) in [5, 5.41) is 9.72. The number of carbonyl (C=O) groups is 2. The minimum Gasteiger partial charge on any atom is -0.481 e. The van der Waals surface area contributed by atoms with Crippen LogP contribution in [0.5, 0.6) is 0 Å². The van der Waals surface area contributed by atoms with Crippen molar-refractivity contribution in [3.05, 3.63) is 57.3 Å². The van der Waals surface area contributed by atoms with Crippen LogP contribution in [0.1, 0.15) is 64.1 Å². The van der Waals surface area contributed by atoms with Gasteiger partial charge in [0, 0.05) is 36.1 Å². The first-order chi connectivity index (χ1) is 19.5. The van der Waals surface area contributed by atoms with Crippen molar-refractivity contribution < 1.29 is 27.9 Å². The Kier molecular flexibility index (Phi) is 8.42. The number of aliphatic carboxylic acids is 1. The molecule has 2 fully saturated rings. The van der Waals surface area contributed by atoms with Crippen LogP contribution in [-0.2, 0) is 23.9 Å². The number of thiazole rings is 1. The van der Waals surface area contributed by atoms with Crippen LogP contribution in [0.4, 0.5) is 19.0 Å². The fourth-order valence-corrected chi connectivity index (χ4v) is 6.63. The first kappa shape index (κ1) is 29.1. The third kappa shape index (κ3) is 6.75. The molecule has 0 amide bonds. The van der Waals surface area contributed by atoms with Crippen molar-refractivity contribution in [2.24, 2.45) is 5.92 Å². The second-order valence-corrected chi connectivity index (χ2v) is 12.1. The van der Waals surface area contributed by atoms with Gasteiger partial charge < -0.3 is 10.0 Å². The van der Waals surface area contributed by atoms with Crippen molar-refractivity contribution in [3.8, 4) is 11.3 Å². The molecule has 2 aliphatic heterocycles. The Morgan fingerprint density at radius 2 is 1.83 bits per heavy atom. The van der Waals surface area contributed by atoms with Crippen molar-refractivity contribution >= 4 is 28.9 Å². The molecule has 218 valence electrons. The van der Waals surface area contributed by atoms with Gasteiger partial charge in [-0.05, 0) is 69.8 Å². The number of likely N-dealkylation sites (tertiary alicyclic amines) is 1. The van der Waals surface area contributed by atoms with Gasteiger partial charge in [-0.1, -0.05) is 0 Å². The summed E-state index contributed by atoms with van der Waals surface area (Å²) in [6.07, 6.45) is 1.59. The molecule has 8 nitrogen and oxygen atoms in total. The number of nitrogens with zero attached hydrogens (tertiary/aromatic N) is 5. The number of piperidine rings is 1. The zero-order chi connectivity index (χ0) is 29.3. The minimum atomic E-state index is -4.48. The van der Waals surface area contributed by atoms with E-state index in [1.807, 2.05) is 4.90 Å². The van der Waals surface area contributed by atoms with Crippen LogP contribution in [0.3, 0.4) is 0 Å². The zero-order valence-electron chi connectivity index (χ0n) is 22.9. The number of benzene rings is 1. The van der Waals surface area contributed by atoms with Crippen LogP contribution in [0.15, 0.2) is 30.6 Å². The first-order valence-corrected chi connectivity index (χ1v) is 14.5. The highest BCUT2D eigenvalue weighted by Gasteiger charge is 2.32. The average Bonchev–Trinajstić information content (AvgIpc) is 3.53. The number of hydrogen-bond donors (Lipinski definition) is 1. The Labute approximate surface area is 240 Å². The second-order valence-electron chi connectivity index (χ2n) is 10.9. The molecule has 1 atom stereocenters. The topological polar surface area (TPSA) is 99.5 Å². The predicted octanol–water partition coefficient (Wildman–Crippen LogP) is 5.64. The molecule has 0 saturated carbocycles. The van der Waals surface area contributed by atoms with E-state index in [0.29, 0.717) is 66.2 Å². The van der Waals surface area contributed by atoms with E-state index in [4.69, 9.17) is 0 Å². The average molecular weight is 588 g/mol. The lowest BCUT2D eigenvalue weighted by molar-refractivity contribution is -0.142. The van der Waals surface area contributed by atoms with E-state index in [9.17, 15) is 27.9 Å². The van der Waals surface area contributed by atoms with Crippen molar-refractivity contribution in [2.45, 2.75) is 64.7 Å². The van der Waals surface area contributed by atoms with E-state index in [0.717, 1.165) is 36.4 Å². The van der Waals surface area contributed by atoms with Crippen LogP contribution >= 0.6 is 11.3 Å². The summed E-state index contributed by atoms with van der Waals surface area (Å²) in [5.41, 5.74) is 0.822. The number of carboxylic acids is 1. The normalized spacial score (nSPS) is 18.7. The number of carbonyl (C=O) groups excluding carboxylic acids is 1. The Balaban J connectivity index is 1.36.